The first-order chi connectivity index (χ1) is 22.8. The molecule has 0 atom stereocenters. The number of thiophene rings is 1. The molecule has 3 aromatic heterocycles. The third kappa shape index (κ3) is 3.63. The zero-order valence-corrected chi connectivity index (χ0v) is 25.4. The number of hydrogen-bond acceptors (Lipinski definition) is 4. The minimum Gasteiger partial charge on any atom is -0.277 e. The van der Waals surface area contributed by atoms with Gasteiger partial charge < -0.3 is 0 Å². The zero-order valence-electron chi connectivity index (χ0n) is 24.6. The maximum Gasteiger partial charge on any atom is 0.238 e. The highest BCUT2D eigenvalue weighted by atomic mass is 32.1. The molecule has 7 aromatic carbocycles. The van der Waals surface area contributed by atoms with Gasteiger partial charge in [-0.25, -0.2) is 4.98 Å². The molecule has 0 amide bonds. The fourth-order valence-corrected chi connectivity index (χ4v) is 8.30. The molecule has 0 fully saturated rings. The molecule has 214 valence electrons. The van der Waals surface area contributed by atoms with Crippen molar-refractivity contribution in [2.24, 2.45) is 0 Å². The van der Waals surface area contributed by atoms with E-state index in [1.54, 1.807) is 0 Å². The Kier molecular flexibility index (Phi) is 5.41. The molecule has 0 unspecified atom stereocenters. The molecule has 10 aromatic rings. The van der Waals surface area contributed by atoms with Gasteiger partial charge in [0, 0.05) is 47.5 Å². The van der Waals surface area contributed by atoms with Crippen LogP contribution in [0.2, 0.25) is 0 Å². The van der Waals surface area contributed by atoms with Crippen molar-refractivity contribution >= 4 is 74.9 Å². The van der Waals surface area contributed by atoms with Crippen LogP contribution in [-0.4, -0.2) is 19.5 Å². The minimum absolute atomic E-state index is 0.607. The predicted molar refractivity (Wildman–Crippen MR) is 193 cm³/mol. The number of benzene rings is 7. The summed E-state index contributed by atoms with van der Waals surface area (Å²) >= 11 is 1.87. The number of nitrogens with zero attached hydrogens (tertiary/aromatic N) is 4. The van der Waals surface area contributed by atoms with E-state index < -0.39 is 0 Å². The molecule has 0 aliphatic rings. The second-order valence-corrected chi connectivity index (χ2v) is 12.7. The van der Waals surface area contributed by atoms with E-state index in [1.165, 1.54) is 52.5 Å². The monoisotopic (exact) mass is 604 g/mol. The van der Waals surface area contributed by atoms with Crippen LogP contribution in [0.4, 0.5) is 0 Å². The first-order valence-corrected chi connectivity index (χ1v) is 16.2. The van der Waals surface area contributed by atoms with Gasteiger partial charge in [-0.3, -0.25) is 4.57 Å². The van der Waals surface area contributed by atoms with E-state index >= 15 is 0 Å². The number of para-hydroxylation sites is 1. The van der Waals surface area contributed by atoms with Crippen LogP contribution in [0.3, 0.4) is 0 Å². The Morgan fingerprint density at radius 3 is 1.63 bits per heavy atom. The minimum atomic E-state index is 0.607. The van der Waals surface area contributed by atoms with Crippen molar-refractivity contribution in [2.45, 2.75) is 0 Å². The summed E-state index contributed by atoms with van der Waals surface area (Å²) in [7, 11) is 0. The lowest BCUT2D eigenvalue weighted by Gasteiger charge is -2.12. The molecule has 0 saturated heterocycles. The van der Waals surface area contributed by atoms with Crippen molar-refractivity contribution in [2.75, 3.05) is 0 Å². The number of hydrogen-bond donors (Lipinski definition) is 0. The highest BCUT2D eigenvalue weighted by Crippen LogP contribution is 2.48. The van der Waals surface area contributed by atoms with Gasteiger partial charge in [0.25, 0.3) is 0 Å². The van der Waals surface area contributed by atoms with Crippen molar-refractivity contribution in [3.8, 4) is 28.7 Å². The summed E-state index contributed by atoms with van der Waals surface area (Å²) in [5, 5.41) is 9.97. The van der Waals surface area contributed by atoms with Crippen molar-refractivity contribution in [1.29, 1.82) is 0 Å². The Morgan fingerprint density at radius 2 is 0.957 bits per heavy atom. The fraction of sp³-hybridized carbons (Fsp3) is 0. The molecule has 0 spiro atoms. The molecule has 4 nitrogen and oxygen atoms in total. The average molecular weight is 605 g/mol. The van der Waals surface area contributed by atoms with Crippen LogP contribution in [0.25, 0.3) is 92.2 Å². The first kappa shape index (κ1) is 25.4. The third-order valence-corrected chi connectivity index (χ3v) is 10.2. The summed E-state index contributed by atoms with van der Waals surface area (Å²) in [5.41, 5.74) is 4.09. The van der Waals surface area contributed by atoms with Gasteiger partial charge in [-0.15, -0.1) is 11.3 Å². The molecular formula is C41H24N4S. The van der Waals surface area contributed by atoms with Crippen LogP contribution in [-0.2, 0) is 0 Å². The van der Waals surface area contributed by atoms with E-state index in [0.29, 0.717) is 17.6 Å². The second-order valence-electron chi connectivity index (χ2n) is 11.6. The molecule has 10 rings (SSSR count). The van der Waals surface area contributed by atoms with Gasteiger partial charge in [-0.2, -0.15) is 9.97 Å². The lowest BCUT2D eigenvalue weighted by Crippen LogP contribution is -2.06. The van der Waals surface area contributed by atoms with Crippen LogP contribution in [0.1, 0.15) is 0 Å². The highest BCUT2D eigenvalue weighted by Gasteiger charge is 2.23. The molecule has 3 heterocycles. The van der Waals surface area contributed by atoms with Crippen molar-refractivity contribution in [1.82, 2.24) is 19.5 Å². The Balaban J connectivity index is 1.42. The summed E-state index contributed by atoms with van der Waals surface area (Å²) in [6.45, 7) is 0. The topological polar surface area (TPSA) is 43.6 Å². The summed E-state index contributed by atoms with van der Waals surface area (Å²) in [4.78, 5) is 15.4. The SMILES string of the molecule is c1ccc(-c2nc(-c3ccccc3)nc(-n3c4ccccc4c4ccc5sc6c7ccccc7c7ccccc7c6c5c43)n2)cc1. The van der Waals surface area contributed by atoms with Gasteiger partial charge in [0.05, 0.1) is 11.0 Å². The van der Waals surface area contributed by atoms with Crippen LogP contribution in [0.15, 0.2) is 146 Å². The van der Waals surface area contributed by atoms with Gasteiger partial charge in [0.1, 0.15) is 0 Å². The highest BCUT2D eigenvalue weighted by molar-refractivity contribution is 7.27. The van der Waals surface area contributed by atoms with Crippen LogP contribution in [0, 0.1) is 0 Å². The van der Waals surface area contributed by atoms with E-state index in [2.05, 4.69) is 114 Å². The Hall–Kier alpha value is -5.91. The van der Waals surface area contributed by atoms with Crippen molar-refractivity contribution in [3.05, 3.63) is 146 Å². The van der Waals surface area contributed by atoms with Crippen molar-refractivity contribution < 1.29 is 0 Å². The zero-order chi connectivity index (χ0) is 30.2. The van der Waals surface area contributed by atoms with E-state index in [4.69, 9.17) is 15.0 Å². The molecular weight excluding hydrogens is 581 g/mol. The summed E-state index contributed by atoms with van der Waals surface area (Å²) in [5.74, 6) is 1.90. The molecule has 0 bridgehead atoms. The van der Waals surface area contributed by atoms with Gasteiger partial charge >= 0.3 is 0 Å². The van der Waals surface area contributed by atoms with Gasteiger partial charge in [-0.1, -0.05) is 133 Å². The van der Waals surface area contributed by atoms with E-state index in [-0.39, 0.29) is 0 Å². The number of aromatic nitrogens is 4. The van der Waals surface area contributed by atoms with Gasteiger partial charge in [0.2, 0.25) is 5.95 Å². The quantitative estimate of drug-likeness (QED) is 0.188. The molecule has 0 radical (unpaired) electrons. The maximum absolute atomic E-state index is 5.20. The summed E-state index contributed by atoms with van der Waals surface area (Å²) < 4.78 is 4.82. The lowest BCUT2D eigenvalue weighted by atomic mass is 9.96. The molecule has 0 N–H and O–H groups in total. The fourth-order valence-electron chi connectivity index (χ4n) is 7.04. The Bertz CT molecular complexity index is 2740. The molecule has 46 heavy (non-hydrogen) atoms. The molecule has 0 aliphatic heterocycles. The largest absolute Gasteiger partial charge is 0.277 e. The molecule has 0 aliphatic carbocycles. The maximum atomic E-state index is 5.20. The molecule has 5 heteroatoms. The van der Waals surface area contributed by atoms with Crippen molar-refractivity contribution in [3.63, 3.8) is 0 Å². The normalized spacial score (nSPS) is 11.9. The lowest BCUT2D eigenvalue weighted by molar-refractivity contribution is 0.955. The van der Waals surface area contributed by atoms with Gasteiger partial charge in [-0.05, 0) is 28.3 Å². The first-order valence-electron chi connectivity index (χ1n) is 15.4. The van der Waals surface area contributed by atoms with E-state index in [9.17, 15) is 0 Å². The van der Waals surface area contributed by atoms with E-state index in [0.717, 1.165) is 22.2 Å². The Labute approximate surface area is 267 Å². The smallest absolute Gasteiger partial charge is 0.238 e. The molecule has 0 saturated carbocycles. The third-order valence-electron chi connectivity index (χ3n) is 9.03. The Morgan fingerprint density at radius 1 is 0.413 bits per heavy atom. The second kappa shape index (κ2) is 9.80. The van der Waals surface area contributed by atoms with Crippen LogP contribution in [0.5, 0.6) is 0 Å². The standard InChI is InChI=1S/C41H24N4S/c1-3-13-25(14-4-1)39-42-40(26-15-5-2-6-16-26)44-41(43-39)45-33-22-12-11-19-29(33)31-23-24-34-36(37(31)45)35-30-20-9-7-17-27(30)28-18-8-10-21-32(28)38(35)46-34/h1-24H. The summed E-state index contributed by atoms with van der Waals surface area (Å²) in [6.07, 6.45) is 0. The number of fused-ring (bicyclic) bond motifs is 12. The van der Waals surface area contributed by atoms with Crippen LogP contribution >= 0.6 is 11.3 Å². The van der Waals surface area contributed by atoms with Gasteiger partial charge in [0.15, 0.2) is 11.6 Å². The summed E-state index contributed by atoms with van der Waals surface area (Å²) in [6, 6.07) is 51.1. The van der Waals surface area contributed by atoms with E-state index in [1.807, 2.05) is 47.7 Å². The number of rotatable bonds is 3. The van der Waals surface area contributed by atoms with Crippen LogP contribution < -0.4 is 0 Å². The predicted octanol–water partition coefficient (Wildman–Crippen LogP) is 11.0. The average Bonchev–Trinajstić information content (AvgIpc) is 3.69.